The highest BCUT2D eigenvalue weighted by molar-refractivity contribution is 5.81. The van der Waals surface area contributed by atoms with Gasteiger partial charge in [0, 0.05) is 45.2 Å². The Morgan fingerprint density at radius 2 is 1.89 bits per heavy atom. The van der Waals surface area contributed by atoms with Crippen LogP contribution in [0, 0.1) is 0 Å². The minimum Gasteiger partial charge on any atom is -0.493 e. The number of amides is 1. The number of nitrogens with zero attached hydrogens (tertiary/aromatic N) is 3. The minimum absolute atomic E-state index is 0.0902. The van der Waals surface area contributed by atoms with Crippen molar-refractivity contribution in [1.82, 2.24) is 19.8 Å². The van der Waals surface area contributed by atoms with E-state index in [2.05, 4.69) is 15.2 Å². The second-order valence-electron chi connectivity index (χ2n) is 6.52. The Balaban J connectivity index is 1.58. The van der Waals surface area contributed by atoms with Crippen molar-refractivity contribution in [2.24, 2.45) is 0 Å². The molecular formula is C19H26N4O5. The van der Waals surface area contributed by atoms with Gasteiger partial charge in [-0.15, -0.1) is 0 Å². The number of fused-ring (bicyclic) bond motifs is 1. The molecule has 0 bridgehead atoms. The van der Waals surface area contributed by atoms with Gasteiger partial charge in [0.25, 0.3) is 5.56 Å². The molecule has 0 atom stereocenters. The van der Waals surface area contributed by atoms with Gasteiger partial charge in [-0.2, -0.15) is 0 Å². The van der Waals surface area contributed by atoms with E-state index in [1.54, 1.807) is 12.1 Å². The lowest BCUT2D eigenvalue weighted by Gasteiger charge is -2.26. The molecule has 1 amide bonds. The second kappa shape index (κ2) is 9.52. The van der Waals surface area contributed by atoms with Crippen molar-refractivity contribution < 1.29 is 19.0 Å². The summed E-state index contributed by atoms with van der Waals surface area (Å²) in [5.74, 6) is 0.888. The summed E-state index contributed by atoms with van der Waals surface area (Å²) in [5, 5.41) is 3.32. The summed E-state index contributed by atoms with van der Waals surface area (Å²) in [6.45, 7) is 4.91. The monoisotopic (exact) mass is 390 g/mol. The number of ether oxygens (including phenoxy) is 3. The van der Waals surface area contributed by atoms with E-state index in [9.17, 15) is 9.59 Å². The summed E-state index contributed by atoms with van der Waals surface area (Å²) < 4.78 is 17.2. The second-order valence-corrected chi connectivity index (χ2v) is 6.52. The highest BCUT2D eigenvalue weighted by Crippen LogP contribution is 2.29. The van der Waals surface area contributed by atoms with Crippen molar-refractivity contribution in [3.63, 3.8) is 0 Å². The molecule has 0 saturated carbocycles. The fraction of sp³-hybridized carbons (Fsp3) is 0.526. The van der Waals surface area contributed by atoms with E-state index in [4.69, 9.17) is 14.2 Å². The summed E-state index contributed by atoms with van der Waals surface area (Å²) in [4.78, 5) is 31.4. The van der Waals surface area contributed by atoms with Crippen LogP contribution in [0.15, 0.2) is 23.3 Å². The smallest absolute Gasteiger partial charge is 0.261 e. The standard InChI is InChI=1S/C19H26N4O5/c1-26-16-11-14-15(12-17(16)27-2)21-13-23(19(14)25)5-3-18(24)20-4-6-22-7-9-28-10-8-22/h11-13H,3-10H2,1-2H3,(H,20,24). The summed E-state index contributed by atoms with van der Waals surface area (Å²) >= 11 is 0. The molecule has 1 aliphatic heterocycles. The van der Waals surface area contributed by atoms with E-state index in [0.29, 0.717) is 28.9 Å². The van der Waals surface area contributed by atoms with Gasteiger partial charge in [-0.3, -0.25) is 19.1 Å². The minimum atomic E-state index is -0.216. The maximum atomic E-state index is 12.7. The van der Waals surface area contributed by atoms with Crippen LogP contribution < -0.4 is 20.3 Å². The van der Waals surface area contributed by atoms with E-state index in [1.807, 2.05) is 0 Å². The van der Waals surface area contributed by atoms with Crippen LogP contribution in [0.4, 0.5) is 0 Å². The number of carbonyl (C=O) groups excluding carboxylic acids is 1. The molecule has 2 aromatic rings. The number of aryl methyl sites for hydroxylation is 1. The summed E-state index contributed by atoms with van der Waals surface area (Å²) in [5.41, 5.74) is 0.306. The highest BCUT2D eigenvalue weighted by Gasteiger charge is 2.13. The Hall–Kier alpha value is -2.65. The zero-order valence-corrected chi connectivity index (χ0v) is 16.3. The molecule has 1 fully saturated rings. The van der Waals surface area contributed by atoms with E-state index in [1.165, 1.54) is 25.1 Å². The molecule has 1 aromatic carbocycles. The average molecular weight is 390 g/mol. The number of hydrogen-bond donors (Lipinski definition) is 1. The molecule has 3 rings (SSSR count). The first-order valence-electron chi connectivity index (χ1n) is 9.30. The topological polar surface area (TPSA) is 94.9 Å². The number of benzene rings is 1. The molecule has 28 heavy (non-hydrogen) atoms. The molecular weight excluding hydrogens is 364 g/mol. The first-order chi connectivity index (χ1) is 13.6. The molecule has 0 spiro atoms. The van der Waals surface area contributed by atoms with Crippen LogP contribution in [0.5, 0.6) is 11.5 Å². The van der Waals surface area contributed by atoms with E-state index in [0.717, 1.165) is 32.8 Å². The van der Waals surface area contributed by atoms with Crippen molar-refractivity contribution >= 4 is 16.8 Å². The lowest BCUT2D eigenvalue weighted by molar-refractivity contribution is -0.121. The predicted molar refractivity (Wildman–Crippen MR) is 104 cm³/mol. The Bertz CT molecular complexity index is 876. The number of carbonyl (C=O) groups is 1. The molecule has 1 saturated heterocycles. The molecule has 0 unspecified atom stereocenters. The van der Waals surface area contributed by atoms with Gasteiger partial charge in [0.2, 0.25) is 5.91 Å². The van der Waals surface area contributed by atoms with Crippen LogP contribution in [0.25, 0.3) is 10.9 Å². The first-order valence-corrected chi connectivity index (χ1v) is 9.30. The van der Waals surface area contributed by atoms with Crippen molar-refractivity contribution in [3.8, 4) is 11.5 Å². The van der Waals surface area contributed by atoms with Crippen molar-refractivity contribution in [2.75, 3.05) is 53.6 Å². The SMILES string of the molecule is COc1cc2ncn(CCC(=O)NCCN3CCOCC3)c(=O)c2cc1OC. The zero-order valence-electron chi connectivity index (χ0n) is 16.3. The number of hydrogen-bond acceptors (Lipinski definition) is 7. The first kappa shape index (κ1) is 20.1. The zero-order chi connectivity index (χ0) is 19.9. The number of methoxy groups -OCH3 is 2. The van der Waals surface area contributed by atoms with Gasteiger partial charge in [-0.05, 0) is 6.07 Å². The third-order valence-corrected chi connectivity index (χ3v) is 4.76. The van der Waals surface area contributed by atoms with Crippen molar-refractivity contribution in [2.45, 2.75) is 13.0 Å². The van der Waals surface area contributed by atoms with Gasteiger partial charge in [0.1, 0.15) is 0 Å². The van der Waals surface area contributed by atoms with Gasteiger partial charge < -0.3 is 19.5 Å². The fourth-order valence-corrected chi connectivity index (χ4v) is 3.13. The number of rotatable bonds is 8. The molecule has 1 N–H and O–H groups in total. The Labute approximate surface area is 163 Å². The average Bonchev–Trinajstić information content (AvgIpc) is 2.73. The fourth-order valence-electron chi connectivity index (χ4n) is 3.13. The Morgan fingerprint density at radius 1 is 1.18 bits per heavy atom. The predicted octanol–water partition coefficient (Wildman–Crippen LogP) is 0.252. The maximum Gasteiger partial charge on any atom is 0.261 e. The molecule has 0 radical (unpaired) electrons. The quantitative estimate of drug-likeness (QED) is 0.690. The van der Waals surface area contributed by atoms with Crippen LogP contribution >= 0.6 is 0 Å². The summed E-state index contributed by atoms with van der Waals surface area (Å²) in [6, 6.07) is 3.28. The Kier molecular flexibility index (Phi) is 6.83. The molecule has 9 nitrogen and oxygen atoms in total. The van der Waals surface area contributed by atoms with Crippen LogP contribution in [0.2, 0.25) is 0 Å². The largest absolute Gasteiger partial charge is 0.493 e. The van der Waals surface area contributed by atoms with Gasteiger partial charge >= 0.3 is 0 Å². The van der Waals surface area contributed by atoms with Gasteiger partial charge in [0.15, 0.2) is 11.5 Å². The van der Waals surface area contributed by atoms with E-state index < -0.39 is 0 Å². The Morgan fingerprint density at radius 3 is 2.61 bits per heavy atom. The van der Waals surface area contributed by atoms with Crippen LogP contribution in [0.3, 0.4) is 0 Å². The van der Waals surface area contributed by atoms with Gasteiger partial charge in [-0.25, -0.2) is 4.98 Å². The molecule has 9 heteroatoms. The summed E-state index contributed by atoms with van der Waals surface area (Å²) in [6.07, 6.45) is 1.67. The molecule has 0 aliphatic carbocycles. The molecule has 152 valence electrons. The number of nitrogens with one attached hydrogen (secondary N) is 1. The molecule has 2 heterocycles. The van der Waals surface area contributed by atoms with Crippen molar-refractivity contribution in [1.29, 1.82) is 0 Å². The normalized spacial score (nSPS) is 14.8. The third kappa shape index (κ3) is 4.79. The van der Waals surface area contributed by atoms with Crippen LogP contribution in [-0.4, -0.2) is 74.0 Å². The molecule has 1 aromatic heterocycles. The summed E-state index contributed by atoms with van der Waals surface area (Å²) in [7, 11) is 3.04. The lowest BCUT2D eigenvalue weighted by Crippen LogP contribution is -2.41. The lowest BCUT2D eigenvalue weighted by atomic mass is 10.2. The van der Waals surface area contributed by atoms with Crippen LogP contribution in [-0.2, 0) is 16.1 Å². The van der Waals surface area contributed by atoms with Crippen molar-refractivity contribution in [3.05, 3.63) is 28.8 Å². The maximum absolute atomic E-state index is 12.7. The van der Waals surface area contributed by atoms with Crippen LogP contribution in [0.1, 0.15) is 6.42 Å². The van der Waals surface area contributed by atoms with Gasteiger partial charge in [0.05, 0.1) is 44.7 Å². The van der Waals surface area contributed by atoms with E-state index >= 15 is 0 Å². The third-order valence-electron chi connectivity index (χ3n) is 4.76. The van der Waals surface area contributed by atoms with Gasteiger partial charge in [-0.1, -0.05) is 0 Å². The highest BCUT2D eigenvalue weighted by atomic mass is 16.5. The number of aromatic nitrogens is 2. The van der Waals surface area contributed by atoms with E-state index in [-0.39, 0.29) is 24.4 Å². The molecule has 1 aliphatic rings. The number of morpholine rings is 1.